The van der Waals surface area contributed by atoms with Gasteiger partial charge in [-0.25, -0.2) is 0 Å². The molecule has 0 aromatic rings. The Kier molecular flexibility index (Phi) is 3.39. The van der Waals surface area contributed by atoms with Crippen LogP contribution in [0.1, 0.15) is 52.9 Å². The van der Waals surface area contributed by atoms with E-state index in [0.717, 1.165) is 25.7 Å². The van der Waals surface area contributed by atoms with E-state index in [1.807, 2.05) is 0 Å². The molecule has 1 saturated heterocycles. The van der Waals surface area contributed by atoms with E-state index >= 15 is 0 Å². The lowest BCUT2D eigenvalue weighted by Crippen LogP contribution is -2.50. The van der Waals surface area contributed by atoms with E-state index in [1.165, 1.54) is 0 Å². The molecule has 0 bridgehead atoms. The van der Waals surface area contributed by atoms with E-state index in [-0.39, 0.29) is 22.7 Å². The Hall–Kier alpha value is -0.353. The minimum Gasteiger partial charge on any atom is -0.456 e. The average Bonchev–Trinajstić information content (AvgIpc) is 2.74. The van der Waals surface area contributed by atoms with Gasteiger partial charge in [0.05, 0.1) is 6.10 Å². The first kappa shape index (κ1) is 14.1. The standard InChI is InChI=1S/C14H26O3Si/c1-13(2,3)18(4,5)17-11-7-6-9-14(11)10-8-12(15)16-14/h11H,6-10H2,1-5H3/t11-,14-/m0/s1. The van der Waals surface area contributed by atoms with Gasteiger partial charge >= 0.3 is 5.97 Å². The van der Waals surface area contributed by atoms with Crippen molar-refractivity contribution in [2.75, 3.05) is 0 Å². The van der Waals surface area contributed by atoms with E-state index in [0.29, 0.717) is 6.42 Å². The van der Waals surface area contributed by atoms with Crippen molar-refractivity contribution in [2.45, 2.75) is 82.7 Å². The molecule has 0 radical (unpaired) electrons. The maximum absolute atomic E-state index is 11.4. The lowest BCUT2D eigenvalue weighted by Gasteiger charge is -2.42. The molecule has 0 unspecified atom stereocenters. The van der Waals surface area contributed by atoms with Crippen LogP contribution in [-0.4, -0.2) is 26.0 Å². The minimum absolute atomic E-state index is 0.0410. The number of hydrogen-bond donors (Lipinski definition) is 0. The second-order valence-electron chi connectivity index (χ2n) is 7.30. The number of rotatable bonds is 2. The van der Waals surface area contributed by atoms with Gasteiger partial charge in [0.1, 0.15) is 5.60 Å². The molecule has 18 heavy (non-hydrogen) atoms. The first-order valence-corrected chi connectivity index (χ1v) is 9.97. The van der Waals surface area contributed by atoms with E-state index in [2.05, 4.69) is 33.9 Å². The van der Waals surface area contributed by atoms with Gasteiger partial charge in [0.15, 0.2) is 8.32 Å². The number of carbonyl (C=O) groups is 1. The van der Waals surface area contributed by atoms with Gasteiger partial charge in [-0.2, -0.15) is 0 Å². The first-order valence-electron chi connectivity index (χ1n) is 7.06. The maximum Gasteiger partial charge on any atom is 0.306 e. The van der Waals surface area contributed by atoms with Crippen LogP contribution in [0.3, 0.4) is 0 Å². The van der Waals surface area contributed by atoms with Crippen LogP contribution in [0.5, 0.6) is 0 Å². The summed E-state index contributed by atoms with van der Waals surface area (Å²) in [6.45, 7) is 11.3. The van der Waals surface area contributed by atoms with Crippen molar-refractivity contribution in [3.8, 4) is 0 Å². The Balaban J connectivity index is 2.12. The van der Waals surface area contributed by atoms with Crippen molar-refractivity contribution in [3.63, 3.8) is 0 Å². The van der Waals surface area contributed by atoms with Crippen LogP contribution < -0.4 is 0 Å². The quantitative estimate of drug-likeness (QED) is 0.568. The molecule has 0 amide bonds. The first-order chi connectivity index (χ1) is 8.16. The Morgan fingerprint density at radius 1 is 1.33 bits per heavy atom. The van der Waals surface area contributed by atoms with Crippen LogP contribution in [0.15, 0.2) is 0 Å². The fourth-order valence-electron chi connectivity index (χ4n) is 2.75. The molecule has 2 atom stereocenters. The van der Waals surface area contributed by atoms with E-state index < -0.39 is 8.32 Å². The number of hydrogen-bond acceptors (Lipinski definition) is 3. The third-order valence-corrected chi connectivity index (χ3v) is 9.45. The molecule has 0 N–H and O–H groups in total. The van der Waals surface area contributed by atoms with Gasteiger partial charge in [0, 0.05) is 12.8 Å². The molecule has 2 rings (SSSR count). The van der Waals surface area contributed by atoms with Crippen molar-refractivity contribution in [3.05, 3.63) is 0 Å². The van der Waals surface area contributed by atoms with Crippen molar-refractivity contribution in [1.82, 2.24) is 0 Å². The molecule has 4 heteroatoms. The molecule has 1 heterocycles. The van der Waals surface area contributed by atoms with Gasteiger partial charge in [-0.1, -0.05) is 20.8 Å². The molecule has 0 aromatic heterocycles. The molecule has 1 aliphatic carbocycles. The second kappa shape index (κ2) is 4.34. The van der Waals surface area contributed by atoms with E-state index in [9.17, 15) is 4.79 Å². The summed E-state index contributed by atoms with van der Waals surface area (Å²) < 4.78 is 12.2. The summed E-state index contributed by atoms with van der Waals surface area (Å²) in [4.78, 5) is 11.4. The zero-order valence-electron chi connectivity index (χ0n) is 12.3. The summed E-state index contributed by atoms with van der Waals surface area (Å²) in [6, 6.07) is 0. The van der Waals surface area contributed by atoms with Crippen LogP contribution >= 0.6 is 0 Å². The van der Waals surface area contributed by atoms with Gasteiger partial charge < -0.3 is 9.16 Å². The average molecular weight is 270 g/mol. The monoisotopic (exact) mass is 270 g/mol. The number of ether oxygens (including phenoxy) is 1. The molecular weight excluding hydrogens is 244 g/mol. The summed E-state index contributed by atoms with van der Waals surface area (Å²) in [5, 5.41) is 0.208. The van der Waals surface area contributed by atoms with Gasteiger partial charge in [-0.15, -0.1) is 0 Å². The lowest BCUT2D eigenvalue weighted by molar-refractivity contribution is -0.154. The van der Waals surface area contributed by atoms with Crippen molar-refractivity contribution in [1.29, 1.82) is 0 Å². The summed E-state index contributed by atoms with van der Waals surface area (Å²) in [5.41, 5.74) is -0.285. The predicted octanol–water partition coefficient (Wildman–Crippen LogP) is 3.64. The van der Waals surface area contributed by atoms with E-state index in [1.54, 1.807) is 0 Å². The third kappa shape index (κ3) is 2.37. The molecule has 1 spiro atoms. The van der Waals surface area contributed by atoms with Crippen LogP contribution in [-0.2, 0) is 14.0 Å². The van der Waals surface area contributed by atoms with Crippen LogP contribution in [0.4, 0.5) is 0 Å². The van der Waals surface area contributed by atoms with Gasteiger partial charge in [0.2, 0.25) is 0 Å². The molecule has 2 fully saturated rings. The topological polar surface area (TPSA) is 35.5 Å². The Morgan fingerprint density at radius 2 is 2.00 bits per heavy atom. The Bertz CT molecular complexity index is 345. The molecule has 2 aliphatic rings. The molecule has 3 nitrogen and oxygen atoms in total. The van der Waals surface area contributed by atoms with Gasteiger partial charge in [-0.05, 0) is 37.4 Å². The maximum atomic E-state index is 11.4. The highest BCUT2D eigenvalue weighted by molar-refractivity contribution is 6.74. The lowest BCUT2D eigenvalue weighted by atomic mass is 9.96. The summed E-state index contributed by atoms with van der Waals surface area (Å²) in [5.74, 6) is -0.0410. The van der Waals surface area contributed by atoms with Crippen LogP contribution in [0.2, 0.25) is 18.1 Å². The highest BCUT2D eigenvalue weighted by Gasteiger charge is 2.53. The fraction of sp³-hybridized carbons (Fsp3) is 0.929. The molecule has 1 aliphatic heterocycles. The minimum atomic E-state index is -1.78. The summed E-state index contributed by atoms with van der Waals surface area (Å²) in [7, 11) is -1.78. The second-order valence-corrected chi connectivity index (χ2v) is 12.1. The predicted molar refractivity (Wildman–Crippen MR) is 74.0 cm³/mol. The van der Waals surface area contributed by atoms with Gasteiger partial charge in [0.25, 0.3) is 0 Å². The number of carbonyl (C=O) groups excluding carboxylic acids is 1. The zero-order chi connectivity index (χ0) is 13.6. The molecular formula is C14H26O3Si. The molecule has 1 saturated carbocycles. The van der Waals surface area contributed by atoms with Crippen LogP contribution in [0, 0.1) is 0 Å². The SMILES string of the molecule is CC(C)(C)[Si](C)(C)O[C@H]1CCC[C@]12CCC(=O)O2. The molecule has 104 valence electrons. The highest BCUT2D eigenvalue weighted by atomic mass is 28.4. The summed E-state index contributed by atoms with van der Waals surface area (Å²) >= 11 is 0. The largest absolute Gasteiger partial charge is 0.456 e. The third-order valence-electron chi connectivity index (χ3n) is 4.97. The summed E-state index contributed by atoms with van der Waals surface area (Å²) in [6.07, 6.45) is 4.69. The smallest absolute Gasteiger partial charge is 0.306 e. The van der Waals surface area contributed by atoms with Gasteiger partial charge in [-0.3, -0.25) is 4.79 Å². The van der Waals surface area contributed by atoms with Crippen molar-refractivity contribution < 1.29 is 14.0 Å². The zero-order valence-corrected chi connectivity index (χ0v) is 13.3. The highest BCUT2D eigenvalue weighted by Crippen LogP contribution is 2.47. The van der Waals surface area contributed by atoms with Crippen molar-refractivity contribution >= 4 is 14.3 Å². The molecule has 0 aromatic carbocycles. The Labute approximate surface area is 111 Å². The normalized spacial score (nSPS) is 33.2. The van der Waals surface area contributed by atoms with Crippen LogP contribution in [0.25, 0.3) is 0 Å². The van der Waals surface area contributed by atoms with E-state index in [4.69, 9.17) is 9.16 Å². The van der Waals surface area contributed by atoms with Crippen molar-refractivity contribution in [2.24, 2.45) is 0 Å². The Morgan fingerprint density at radius 3 is 2.50 bits per heavy atom. The fourth-order valence-corrected chi connectivity index (χ4v) is 4.15. The number of esters is 1.